The average Bonchev–Trinajstić information content (AvgIpc) is 3.70. The zero-order chi connectivity index (χ0) is 38.6. The Kier molecular flexibility index (Phi) is 6.69. The lowest BCUT2D eigenvalue weighted by molar-refractivity contribution is 0.673. The molecule has 0 atom stereocenters. The van der Waals surface area contributed by atoms with E-state index in [-0.39, 0.29) is 0 Å². The Bertz CT molecular complexity index is 3900. The molecule has 0 radical (unpaired) electrons. The summed E-state index contributed by atoms with van der Waals surface area (Å²) >= 11 is 0. The molecule has 0 N–H and O–H groups in total. The molecular formula is C55H31N3O. The molecule has 0 saturated heterocycles. The third kappa shape index (κ3) is 4.75. The standard InChI is InChI=1S/C55H31N3O/c1-2-14-38-37(13-1)47-29-33(20-22-39(47)40-23-21-34(30-48(38)40)46-31-36-12-8-26-56-53(36)54-42(46)17-9-27-57-54)32-10-7-11-35(28-32)52-45-25-24-43-41-15-4-6-19-50(41)59-55(43)51(45)44-16-3-5-18-49(44)58-52/h1-31H. The number of para-hydroxylation sites is 2. The van der Waals surface area contributed by atoms with E-state index in [1.165, 1.54) is 32.3 Å². The van der Waals surface area contributed by atoms with E-state index >= 15 is 0 Å². The molecule has 13 rings (SSSR count). The SMILES string of the molecule is c1cc(-c2ccc3c4ccc(-c5cc6cccnc6c6ncccc56)cc4c4ccccc4c3c2)cc(-c2nc3ccccc3c3c2ccc2c4ccccc4oc23)c1. The van der Waals surface area contributed by atoms with Crippen LogP contribution in [0.2, 0.25) is 0 Å². The van der Waals surface area contributed by atoms with Crippen LogP contribution in [0.15, 0.2) is 193 Å². The zero-order valence-corrected chi connectivity index (χ0v) is 31.6. The number of pyridine rings is 3. The molecule has 0 unspecified atom stereocenters. The number of fused-ring (bicyclic) bond motifs is 16. The van der Waals surface area contributed by atoms with Crippen molar-refractivity contribution in [3.05, 3.63) is 188 Å². The van der Waals surface area contributed by atoms with Gasteiger partial charge in [-0.3, -0.25) is 9.97 Å². The molecule has 0 aliphatic rings. The van der Waals surface area contributed by atoms with E-state index in [1.807, 2.05) is 36.7 Å². The van der Waals surface area contributed by atoms with Gasteiger partial charge in [-0.25, -0.2) is 4.98 Å². The van der Waals surface area contributed by atoms with Crippen LogP contribution < -0.4 is 0 Å². The summed E-state index contributed by atoms with van der Waals surface area (Å²) in [4.78, 5) is 14.8. The molecule has 13 aromatic rings. The first kappa shape index (κ1) is 32.2. The minimum atomic E-state index is 0.894. The van der Waals surface area contributed by atoms with Crippen LogP contribution in [0.1, 0.15) is 0 Å². The Morgan fingerprint density at radius 3 is 1.81 bits per heavy atom. The highest BCUT2D eigenvalue weighted by atomic mass is 16.3. The van der Waals surface area contributed by atoms with Gasteiger partial charge in [-0.05, 0) is 109 Å². The molecule has 4 aromatic heterocycles. The van der Waals surface area contributed by atoms with Crippen molar-refractivity contribution in [3.8, 4) is 33.5 Å². The third-order valence-electron chi connectivity index (χ3n) is 12.3. The van der Waals surface area contributed by atoms with Crippen molar-refractivity contribution >= 4 is 97.7 Å². The van der Waals surface area contributed by atoms with E-state index in [1.54, 1.807) is 0 Å². The van der Waals surface area contributed by atoms with Gasteiger partial charge in [0.2, 0.25) is 0 Å². The molecule has 9 aromatic carbocycles. The van der Waals surface area contributed by atoms with Crippen LogP contribution in [0.5, 0.6) is 0 Å². The Hall–Kier alpha value is -7.95. The van der Waals surface area contributed by atoms with Crippen molar-refractivity contribution in [1.29, 1.82) is 0 Å². The highest BCUT2D eigenvalue weighted by Crippen LogP contribution is 2.43. The van der Waals surface area contributed by atoms with E-state index in [4.69, 9.17) is 14.4 Å². The van der Waals surface area contributed by atoms with Crippen LogP contribution in [0.25, 0.3) is 131 Å². The first-order valence-corrected chi connectivity index (χ1v) is 20.0. The number of benzene rings is 9. The van der Waals surface area contributed by atoms with Crippen LogP contribution in [0.3, 0.4) is 0 Å². The number of hydrogen-bond acceptors (Lipinski definition) is 4. The molecule has 59 heavy (non-hydrogen) atoms. The zero-order valence-electron chi connectivity index (χ0n) is 31.6. The van der Waals surface area contributed by atoms with Crippen molar-refractivity contribution < 1.29 is 4.42 Å². The Morgan fingerprint density at radius 2 is 0.966 bits per heavy atom. The molecule has 0 saturated carbocycles. The number of aromatic nitrogens is 3. The van der Waals surface area contributed by atoms with E-state index in [2.05, 4.69) is 157 Å². The minimum absolute atomic E-state index is 0.894. The Labute approximate surface area is 337 Å². The quantitative estimate of drug-likeness (QED) is 0.169. The van der Waals surface area contributed by atoms with Crippen LogP contribution in [0.4, 0.5) is 0 Å². The summed E-state index contributed by atoms with van der Waals surface area (Å²) in [6.07, 6.45) is 3.70. The normalized spacial score (nSPS) is 12.1. The van der Waals surface area contributed by atoms with Crippen LogP contribution in [-0.2, 0) is 0 Å². The van der Waals surface area contributed by atoms with E-state index in [9.17, 15) is 0 Å². The first-order chi connectivity index (χ1) is 29.2. The predicted octanol–water partition coefficient (Wildman–Crippen LogP) is 14.8. The summed E-state index contributed by atoms with van der Waals surface area (Å²) in [5, 5.41) is 15.1. The topological polar surface area (TPSA) is 51.8 Å². The van der Waals surface area contributed by atoms with Gasteiger partial charge in [-0.2, -0.15) is 0 Å². The molecule has 272 valence electrons. The van der Waals surface area contributed by atoms with Crippen molar-refractivity contribution in [2.45, 2.75) is 0 Å². The lowest BCUT2D eigenvalue weighted by Crippen LogP contribution is -1.91. The molecule has 0 fully saturated rings. The summed E-state index contributed by atoms with van der Waals surface area (Å²) in [5.41, 5.74) is 11.2. The monoisotopic (exact) mass is 749 g/mol. The van der Waals surface area contributed by atoms with Gasteiger partial charge in [0, 0.05) is 55.7 Å². The molecule has 0 bridgehead atoms. The highest BCUT2D eigenvalue weighted by Gasteiger charge is 2.19. The molecule has 4 heterocycles. The predicted molar refractivity (Wildman–Crippen MR) is 246 cm³/mol. The van der Waals surface area contributed by atoms with Crippen molar-refractivity contribution in [2.24, 2.45) is 0 Å². The molecular weight excluding hydrogens is 719 g/mol. The summed E-state index contributed by atoms with van der Waals surface area (Å²) in [5.74, 6) is 0. The van der Waals surface area contributed by atoms with Gasteiger partial charge in [-0.15, -0.1) is 0 Å². The molecule has 0 aliphatic carbocycles. The number of furan rings is 1. The lowest BCUT2D eigenvalue weighted by Gasteiger charge is -2.15. The fourth-order valence-electron chi connectivity index (χ4n) is 9.60. The molecule has 0 spiro atoms. The second kappa shape index (κ2) is 12.3. The highest BCUT2D eigenvalue weighted by molar-refractivity contribution is 6.27. The molecule has 4 nitrogen and oxygen atoms in total. The van der Waals surface area contributed by atoms with Gasteiger partial charge < -0.3 is 4.42 Å². The fourth-order valence-corrected chi connectivity index (χ4v) is 9.60. The summed E-state index contributed by atoms with van der Waals surface area (Å²) in [7, 11) is 0. The van der Waals surface area contributed by atoms with Crippen molar-refractivity contribution in [2.75, 3.05) is 0 Å². The largest absolute Gasteiger partial charge is 0.455 e. The Morgan fingerprint density at radius 1 is 0.356 bits per heavy atom. The second-order valence-electron chi connectivity index (χ2n) is 15.5. The first-order valence-electron chi connectivity index (χ1n) is 20.0. The number of hydrogen-bond donors (Lipinski definition) is 0. The third-order valence-corrected chi connectivity index (χ3v) is 12.3. The Balaban J connectivity index is 0.984. The van der Waals surface area contributed by atoms with Gasteiger partial charge in [0.25, 0.3) is 0 Å². The van der Waals surface area contributed by atoms with Crippen molar-refractivity contribution in [3.63, 3.8) is 0 Å². The smallest absolute Gasteiger partial charge is 0.144 e. The van der Waals surface area contributed by atoms with Crippen LogP contribution in [0, 0.1) is 0 Å². The van der Waals surface area contributed by atoms with Crippen LogP contribution in [-0.4, -0.2) is 15.0 Å². The lowest BCUT2D eigenvalue weighted by atomic mass is 9.89. The van der Waals surface area contributed by atoms with Gasteiger partial charge in [0.15, 0.2) is 0 Å². The molecule has 4 heteroatoms. The van der Waals surface area contributed by atoms with Gasteiger partial charge in [0.1, 0.15) is 11.2 Å². The maximum atomic E-state index is 6.59. The van der Waals surface area contributed by atoms with Crippen molar-refractivity contribution in [1.82, 2.24) is 15.0 Å². The van der Waals surface area contributed by atoms with Gasteiger partial charge in [0.05, 0.1) is 22.2 Å². The second-order valence-corrected chi connectivity index (χ2v) is 15.5. The summed E-state index contributed by atoms with van der Waals surface area (Å²) in [6.45, 7) is 0. The van der Waals surface area contributed by atoms with E-state index in [0.29, 0.717) is 0 Å². The summed E-state index contributed by atoms with van der Waals surface area (Å²) in [6, 6.07) is 63.1. The van der Waals surface area contributed by atoms with E-state index < -0.39 is 0 Å². The minimum Gasteiger partial charge on any atom is -0.455 e. The average molecular weight is 750 g/mol. The van der Waals surface area contributed by atoms with Gasteiger partial charge in [-0.1, -0.05) is 121 Å². The van der Waals surface area contributed by atoms with Crippen LogP contribution >= 0.6 is 0 Å². The summed E-state index contributed by atoms with van der Waals surface area (Å²) < 4.78 is 6.59. The maximum absolute atomic E-state index is 6.59. The molecule has 0 aliphatic heterocycles. The van der Waals surface area contributed by atoms with Gasteiger partial charge >= 0.3 is 0 Å². The fraction of sp³-hybridized carbons (Fsp3) is 0. The molecule has 0 amide bonds. The van der Waals surface area contributed by atoms with E-state index in [0.717, 1.165) is 98.9 Å². The maximum Gasteiger partial charge on any atom is 0.144 e. The number of rotatable bonds is 3. The number of nitrogens with zero attached hydrogens (tertiary/aromatic N) is 3.